The molecule has 0 N–H and O–H groups in total. The normalized spacial score (nSPS) is 15.5. The number of halogens is 4. The average Bonchev–Trinajstić information content (AvgIpc) is 3.00. The smallest absolute Gasteiger partial charge is 0.206 e. The quantitative estimate of drug-likeness (QED) is 0.620. The summed E-state index contributed by atoms with van der Waals surface area (Å²) in [6.45, 7) is 4.61. The van der Waals surface area contributed by atoms with Gasteiger partial charge in [-0.05, 0) is 36.8 Å². The Labute approximate surface area is 98.6 Å². The van der Waals surface area contributed by atoms with Crippen molar-refractivity contribution in [3.8, 4) is 0 Å². The summed E-state index contributed by atoms with van der Waals surface area (Å²) in [5, 5.41) is 0. The molecule has 0 atom stereocenters. The highest BCUT2D eigenvalue weighted by atomic mass is 19.4. The lowest BCUT2D eigenvalue weighted by Gasteiger charge is -2.05. The zero-order valence-electron chi connectivity index (χ0n) is 9.89. The Kier molecular flexibility index (Phi) is 4.54. The predicted molar refractivity (Wildman–Crippen MR) is 59.0 cm³/mol. The molecule has 1 saturated carbocycles. The molecule has 1 aliphatic rings. The van der Waals surface area contributed by atoms with Crippen LogP contribution in [0.2, 0.25) is 0 Å². The Hall–Kier alpha value is -1.06. The Bertz CT molecular complexity index is 351. The van der Waals surface area contributed by atoms with E-state index in [0.29, 0.717) is 6.07 Å². The molecule has 96 valence electrons. The molecule has 1 aromatic rings. The van der Waals surface area contributed by atoms with E-state index in [4.69, 9.17) is 0 Å². The lowest BCUT2D eigenvalue weighted by molar-refractivity contribution is -0.140. The van der Waals surface area contributed by atoms with Gasteiger partial charge in [-0.2, -0.15) is 13.2 Å². The first-order chi connectivity index (χ1) is 7.82. The summed E-state index contributed by atoms with van der Waals surface area (Å²) in [6.07, 6.45) is -1.60. The van der Waals surface area contributed by atoms with Crippen LogP contribution in [0, 0.1) is 17.7 Å². The summed E-state index contributed by atoms with van der Waals surface area (Å²) in [4.78, 5) is 0. The van der Waals surface area contributed by atoms with Crippen molar-refractivity contribution in [2.75, 3.05) is 0 Å². The van der Waals surface area contributed by atoms with Gasteiger partial charge in [-0.3, -0.25) is 0 Å². The summed E-state index contributed by atoms with van der Waals surface area (Å²) in [7, 11) is 0. The Morgan fingerprint density at radius 1 is 1.12 bits per heavy atom. The average molecular weight is 248 g/mol. The number of hydrogen-bond acceptors (Lipinski definition) is 0. The maximum atomic E-state index is 12.4. The molecular weight excluding hydrogens is 232 g/mol. The molecule has 0 aromatic heterocycles. The van der Waals surface area contributed by atoms with E-state index in [1.54, 1.807) is 0 Å². The van der Waals surface area contributed by atoms with Gasteiger partial charge in [-0.15, -0.1) is 0 Å². The Morgan fingerprint density at radius 2 is 1.65 bits per heavy atom. The van der Waals surface area contributed by atoms with Crippen molar-refractivity contribution in [1.29, 1.82) is 0 Å². The molecule has 1 fully saturated rings. The Morgan fingerprint density at radius 3 is 1.88 bits per heavy atom. The first-order valence-corrected chi connectivity index (χ1v) is 5.64. The number of hydrogen-bond donors (Lipinski definition) is 0. The van der Waals surface area contributed by atoms with Crippen LogP contribution < -0.4 is 0 Å². The molecule has 0 nitrogen and oxygen atoms in total. The summed E-state index contributed by atoms with van der Waals surface area (Å²) in [5.41, 5.74) is -1.22. The molecule has 0 aliphatic heterocycles. The SMILES string of the molecule is CC(C)C1CC1.Fc1ccccc1C(F)(F)F. The van der Waals surface area contributed by atoms with Crippen molar-refractivity contribution < 1.29 is 17.6 Å². The first-order valence-electron chi connectivity index (χ1n) is 5.64. The molecule has 1 aromatic carbocycles. The van der Waals surface area contributed by atoms with Crippen molar-refractivity contribution in [3.05, 3.63) is 35.6 Å². The van der Waals surface area contributed by atoms with Gasteiger partial charge in [-0.25, -0.2) is 4.39 Å². The van der Waals surface area contributed by atoms with Gasteiger partial charge in [0.05, 0.1) is 5.56 Å². The van der Waals surface area contributed by atoms with Gasteiger partial charge >= 0.3 is 6.18 Å². The molecule has 17 heavy (non-hydrogen) atoms. The third kappa shape index (κ3) is 4.75. The molecule has 0 heterocycles. The lowest BCUT2D eigenvalue weighted by atomic mass is 10.1. The van der Waals surface area contributed by atoms with Crippen molar-refractivity contribution in [2.24, 2.45) is 11.8 Å². The number of benzene rings is 1. The third-order valence-corrected chi connectivity index (χ3v) is 2.74. The van der Waals surface area contributed by atoms with Gasteiger partial charge in [-0.1, -0.05) is 26.0 Å². The minimum atomic E-state index is -4.59. The molecule has 0 bridgehead atoms. The number of alkyl halides is 3. The van der Waals surface area contributed by atoms with Crippen LogP contribution in [-0.4, -0.2) is 0 Å². The van der Waals surface area contributed by atoms with Crippen LogP contribution in [0.1, 0.15) is 32.3 Å². The first kappa shape index (κ1) is 14.0. The van der Waals surface area contributed by atoms with Crippen LogP contribution in [0.4, 0.5) is 17.6 Å². The maximum absolute atomic E-state index is 12.4. The molecule has 2 rings (SSSR count). The van der Waals surface area contributed by atoms with Crippen molar-refractivity contribution >= 4 is 0 Å². The highest BCUT2D eigenvalue weighted by molar-refractivity contribution is 5.19. The molecule has 0 unspecified atom stereocenters. The predicted octanol–water partition coefficient (Wildman–Crippen LogP) is 4.90. The van der Waals surface area contributed by atoms with E-state index in [2.05, 4.69) is 13.8 Å². The number of rotatable bonds is 1. The third-order valence-electron chi connectivity index (χ3n) is 2.74. The van der Waals surface area contributed by atoms with E-state index in [9.17, 15) is 17.6 Å². The van der Waals surface area contributed by atoms with Gasteiger partial charge in [0.1, 0.15) is 5.82 Å². The van der Waals surface area contributed by atoms with Gasteiger partial charge < -0.3 is 0 Å². The minimum absolute atomic E-state index is 0.704. The topological polar surface area (TPSA) is 0 Å². The van der Waals surface area contributed by atoms with Crippen LogP contribution in [0.15, 0.2) is 24.3 Å². The van der Waals surface area contributed by atoms with Crippen LogP contribution in [-0.2, 0) is 6.18 Å². The lowest BCUT2D eigenvalue weighted by Crippen LogP contribution is -2.07. The van der Waals surface area contributed by atoms with Crippen LogP contribution in [0.3, 0.4) is 0 Å². The monoisotopic (exact) mass is 248 g/mol. The van der Waals surface area contributed by atoms with Gasteiger partial charge in [0.25, 0.3) is 0 Å². The van der Waals surface area contributed by atoms with E-state index >= 15 is 0 Å². The molecule has 0 radical (unpaired) electrons. The van der Waals surface area contributed by atoms with E-state index < -0.39 is 17.6 Å². The maximum Gasteiger partial charge on any atom is 0.419 e. The fourth-order valence-electron chi connectivity index (χ4n) is 1.45. The molecule has 4 heteroatoms. The molecule has 0 saturated heterocycles. The second-order valence-corrected chi connectivity index (χ2v) is 4.56. The van der Waals surface area contributed by atoms with Gasteiger partial charge in [0.2, 0.25) is 0 Å². The summed E-state index contributed by atoms with van der Waals surface area (Å²) in [6, 6.07) is 3.84. The standard InChI is InChI=1S/C7H4F4.C6H12/c8-6-4-2-1-3-5(6)7(9,10)11;1-5(2)6-3-4-6/h1-4H;5-6H,3-4H2,1-2H3. The van der Waals surface area contributed by atoms with Crippen molar-refractivity contribution in [3.63, 3.8) is 0 Å². The highest BCUT2D eigenvalue weighted by Gasteiger charge is 2.33. The van der Waals surface area contributed by atoms with E-state index in [-0.39, 0.29) is 0 Å². The molecular formula is C13H16F4. The van der Waals surface area contributed by atoms with Crippen LogP contribution in [0.5, 0.6) is 0 Å². The van der Waals surface area contributed by atoms with Crippen molar-refractivity contribution in [2.45, 2.75) is 32.9 Å². The largest absolute Gasteiger partial charge is 0.419 e. The van der Waals surface area contributed by atoms with Gasteiger partial charge in [0.15, 0.2) is 0 Å². The summed E-state index contributed by atoms with van der Waals surface area (Å²) in [5.74, 6) is 0.829. The van der Waals surface area contributed by atoms with E-state index in [0.717, 1.165) is 24.0 Å². The van der Waals surface area contributed by atoms with Crippen molar-refractivity contribution in [1.82, 2.24) is 0 Å². The van der Waals surface area contributed by atoms with E-state index in [1.165, 1.54) is 18.9 Å². The summed E-state index contributed by atoms with van der Waals surface area (Å²) >= 11 is 0. The minimum Gasteiger partial charge on any atom is -0.206 e. The Balaban J connectivity index is 0.000000202. The molecule has 1 aliphatic carbocycles. The fourth-order valence-corrected chi connectivity index (χ4v) is 1.45. The van der Waals surface area contributed by atoms with E-state index in [1.807, 2.05) is 0 Å². The van der Waals surface area contributed by atoms with Gasteiger partial charge in [0, 0.05) is 0 Å². The second kappa shape index (κ2) is 5.52. The zero-order valence-corrected chi connectivity index (χ0v) is 9.89. The summed E-state index contributed by atoms with van der Waals surface area (Å²) < 4.78 is 47.8. The van der Waals surface area contributed by atoms with Crippen LogP contribution in [0.25, 0.3) is 0 Å². The molecule has 0 amide bonds. The second-order valence-electron chi connectivity index (χ2n) is 4.56. The van der Waals surface area contributed by atoms with Crippen LogP contribution >= 0.6 is 0 Å². The zero-order chi connectivity index (χ0) is 13.1. The molecule has 0 spiro atoms. The fraction of sp³-hybridized carbons (Fsp3) is 0.538. The highest BCUT2D eigenvalue weighted by Crippen LogP contribution is 2.35.